The summed E-state index contributed by atoms with van der Waals surface area (Å²) in [4.78, 5) is 0. The zero-order valence-electron chi connectivity index (χ0n) is 13.0. The van der Waals surface area contributed by atoms with E-state index >= 15 is 0 Å². The van der Waals surface area contributed by atoms with Crippen LogP contribution in [-0.2, 0) is 4.57 Å². The summed E-state index contributed by atoms with van der Waals surface area (Å²) >= 11 is -3.02. The molecule has 2 aliphatic rings. The molecule has 0 aromatic heterocycles. The van der Waals surface area contributed by atoms with Crippen LogP contribution < -0.4 is 3.27 Å². The molecule has 0 bridgehead atoms. The van der Waals surface area contributed by atoms with Crippen LogP contribution in [0, 0.1) is 0 Å². The Bertz CT molecular complexity index is 432. The van der Waals surface area contributed by atoms with E-state index in [9.17, 15) is 4.57 Å². The normalized spacial score (nSPS) is 23.2. The molecule has 0 unspecified atom stereocenters. The van der Waals surface area contributed by atoms with Crippen LogP contribution in [0.4, 0.5) is 0 Å². The van der Waals surface area contributed by atoms with Crippen LogP contribution >= 0.6 is 5.75 Å². The number of hydrogen-bond donors (Lipinski definition) is 0. The van der Waals surface area contributed by atoms with E-state index in [2.05, 4.69) is 30.3 Å². The van der Waals surface area contributed by atoms with Gasteiger partial charge in [-0.3, -0.25) is 0 Å². The van der Waals surface area contributed by atoms with E-state index in [-0.39, 0.29) is 0 Å². The van der Waals surface area contributed by atoms with E-state index in [0.717, 1.165) is 7.25 Å². The first kappa shape index (κ1) is 16.1. The van der Waals surface area contributed by atoms with Gasteiger partial charge in [-0.1, -0.05) is 0 Å². The maximum atomic E-state index is 12.6. The summed E-state index contributed by atoms with van der Waals surface area (Å²) in [5.41, 5.74) is 0. The van der Waals surface area contributed by atoms with Crippen LogP contribution in [0.3, 0.4) is 0 Å². The van der Waals surface area contributed by atoms with Crippen LogP contribution in [0.1, 0.15) is 64.2 Å². The summed E-state index contributed by atoms with van der Waals surface area (Å²) in [6, 6.07) is 11.1. The monoisotopic (exact) mass is 500 g/mol. The van der Waals surface area contributed by atoms with Gasteiger partial charge in [-0.15, -0.1) is 0 Å². The van der Waals surface area contributed by atoms with Crippen molar-refractivity contribution in [3.63, 3.8) is 0 Å². The van der Waals surface area contributed by atoms with Crippen molar-refractivity contribution in [2.24, 2.45) is 0 Å². The van der Waals surface area contributed by atoms with Crippen LogP contribution in [-0.4, -0.2) is 19.7 Å². The molecule has 0 amide bonds. The Kier molecular flexibility index (Phi) is 5.86. The zero-order chi connectivity index (χ0) is 14.5. The van der Waals surface area contributed by atoms with Gasteiger partial charge in [0, 0.05) is 0 Å². The first-order chi connectivity index (χ1) is 10.4. The van der Waals surface area contributed by atoms with E-state index in [0.29, 0.717) is 5.75 Å². The predicted octanol–water partition coefficient (Wildman–Crippen LogP) is 5.53. The minimum absolute atomic E-state index is 0.593. The summed E-state index contributed by atoms with van der Waals surface area (Å²) in [6.45, 7) is 0. The molecule has 1 aromatic rings. The standard InChI is InChI=1S/2C6H11.C6H5.Bi.OP.H/c3*1-2-4-6-5-3-1;;1-2;/h2*1H,2-6H2;1-5H;;;/q;;;+1;-1;. The Labute approximate surface area is 134 Å². The Morgan fingerprint density at radius 1 is 0.762 bits per heavy atom. The first-order valence-corrected chi connectivity index (χ1v) is 21.2. The van der Waals surface area contributed by atoms with Crippen molar-refractivity contribution in [2.45, 2.75) is 71.5 Å². The van der Waals surface area contributed by atoms with Gasteiger partial charge in [-0.25, -0.2) is 0 Å². The van der Waals surface area contributed by atoms with E-state index in [4.69, 9.17) is 0 Å². The Hall–Kier alpha value is 0.203. The predicted molar refractivity (Wildman–Crippen MR) is 94.5 cm³/mol. The zero-order valence-corrected chi connectivity index (χ0v) is 17.7. The fourth-order valence-electron chi connectivity index (χ4n) is 4.80. The van der Waals surface area contributed by atoms with E-state index in [1.807, 2.05) is 0 Å². The second-order valence-corrected chi connectivity index (χ2v) is 30.8. The second kappa shape index (κ2) is 7.65. The first-order valence-electron chi connectivity index (χ1n) is 8.78. The van der Waals surface area contributed by atoms with Crippen molar-refractivity contribution < 1.29 is 4.57 Å². The number of benzene rings is 1. The quantitative estimate of drug-likeness (QED) is 0.393. The number of rotatable bonds is 4. The van der Waals surface area contributed by atoms with Crippen LogP contribution in [0.5, 0.6) is 0 Å². The summed E-state index contributed by atoms with van der Waals surface area (Å²) in [5.74, 6) is 0.593. The molecule has 0 heterocycles. The molecule has 0 aliphatic heterocycles. The van der Waals surface area contributed by atoms with E-state index < -0.39 is 19.7 Å². The van der Waals surface area contributed by atoms with Gasteiger partial charge < -0.3 is 0 Å². The molecule has 1 nitrogen and oxygen atoms in total. The van der Waals surface area contributed by atoms with Crippen molar-refractivity contribution >= 4 is 28.7 Å². The summed E-state index contributed by atoms with van der Waals surface area (Å²) in [6.07, 6.45) is 13.8. The molecule has 116 valence electrons. The van der Waals surface area contributed by atoms with Gasteiger partial charge >= 0.3 is 135 Å². The molecule has 3 rings (SSSR count). The Morgan fingerprint density at radius 2 is 1.24 bits per heavy atom. The van der Waals surface area contributed by atoms with Crippen molar-refractivity contribution in [1.29, 1.82) is 0 Å². The van der Waals surface area contributed by atoms with Gasteiger partial charge in [0.05, 0.1) is 0 Å². The molecule has 0 spiro atoms. The summed E-state index contributed by atoms with van der Waals surface area (Å²) in [5, 5.41) is 0. The molecular formula is C18H28BiOP. The topological polar surface area (TPSA) is 17.1 Å². The molecule has 1 aromatic carbocycles. The molecular weight excluding hydrogens is 472 g/mol. The number of hydrogen-bond acceptors (Lipinski definition) is 1. The minimum atomic E-state index is -3.02. The van der Waals surface area contributed by atoms with Crippen LogP contribution in [0.2, 0.25) is 7.25 Å². The third kappa shape index (κ3) is 3.28. The third-order valence-corrected chi connectivity index (χ3v) is 37.4. The van der Waals surface area contributed by atoms with Gasteiger partial charge in [0.1, 0.15) is 0 Å². The summed E-state index contributed by atoms with van der Waals surface area (Å²) < 4.78 is 15.8. The van der Waals surface area contributed by atoms with Gasteiger partial charge in [0.25, 0.3) is 0 Å². The van der Waals surface area contributed by atoms with Crippen molar-refractivity contribution in [3.8, 4) is 0 Å². The fourth-order valence-corrected chi connectivity index (χ4v) is 34.8. The molecule has 0 atom stereocenters. The van der Waals surface area contributed by atoms with Crippen LogP contribution in [0.25, 0.3) is 0 Å². The molecule has 2 aliphatic carbocycles. The molecule has 0 N–H and O–H groups in total. The molecule has 2 fully saturated rings. The SMILES string of the molecule is O=[P][BiH]([c]1ccccc1)([CH]1CCCCC1)[CH]1CCCCC1. The maximum absolute atomic E-state index is 12.6. The molecule has 0 radical (unpaired) electrons. The summed E-state index contributed by atoms with van der Waals surface area (Å²) in [7, 11) is 0. The van der Waals surface area contributed by atoms with Crippen LogP contribution in [0.15, 0.2) is 30.3 Å². The van der Waals surface area contributed by atoms with Gasteiger partial charge in [-0.05, 0) is 0 Å². The van der Waals surface area contributed by atoms with Crippen molar-refractivity contribution in [2.75, 3.05) is 0 Å². The fraction of sp³-hybridized carbons (Fsp3) is 0.667. The third-order valence-electron chi connectivity index (χ3n) is 5.84. The van der Waals surface area contributed by atoms with E-state index in [1.165, 1.54) is 64.2 Å². The molecule has 2 saturated carbocycles. The average molecular weight is 500 g/mol. The van der Waals surface area contributed by atoms with E-state index in [1.54, 1.807) is 3.27 Å². The molecule has 3 heteroatoms. The average Bonchev–Trinajstić information content (AvgIpc) is 2.59. The van der Waals surface area contributed by atoms with Crippen molar-refractivity contribution in [1.82, 2.24) is 0 Å². The van der Waals surface area contributed by atoms with Gasteiger partial charge in [0.15, 0.2) is 0 Å². The van der Waals surface area contributed by atoms with Gasteiger partial charge in [0.2, 0.25) is 0 Å². The Balaban J connectivity index is 2.00. The molecule has 21 heavy (non-hydrogen) atoms. The molecule has 0 saturated heterocycles. The van der Waals surface area contributed by atoms with Gasteiger partial charge in [-0.2, -0.15) is 0 Å². The van der Waals surface area contributed by atoms with Crippen molar-refractivity contribution in [3.05, 3.63) is 30.3 Å². The Morgan fingerprint density at radius 3 is 1.67 bits per heavy atom. The second-order valence-electron chi connectivity index (χ2n) is 6.95.